The second-order valence-corrected chi connectivity index (χ2v) is 4.43. The van der Waals surface area contributed by atoms with Crippen molar-refractivity contribution in [3.8, 4) is 0 Å². The summed E-state index contributed by atoms with van der Waals surface area (Å²) >= 11 is 0. The Morgan fingerprint density at radius 2 is 1.90 bits per heavy atom. The van der Waals surface area contributed by atoms with Crippen LogP contribution in [0.15, 0.2) is 60.8 Å². The normalized spacial score (nSPS) is 11.2. The molecule has 0 atom stereocenters. The number of amides is 1. The third kappa shape index (κ3) is 4.05. The van der Waals surface area contributed by atoms with Crippen molar-refractivity contribution in [2.24, 2.45) is 0 Å². The van der Waals surface area contributed by atoms with Gasteiger partial charge in [0.1, 0.15) is 0 Å². The monoisotopic (exact) mass is 266 g/mol. The molecule has 3 heteroatoms. The summed E-state index contributed by atoms with van der Waals surface area (Å²) in [4.78, 5) is 16.1. The van der Waals surface area contributed by atoms with Gasteiger partial charge >= 0.3 is 0 Å². The van der Waals surface area contributed by atoms with E-state index >= 15 is 0 Å². The first-order valence-electron chi connectivity index (χ1n) is 6.73. The lowest BCUT2D eigenvalue weighted by atomic mass is 10.0. The van der Waals surface area contributed by atoms with E-state index in [4.69, 9.17) is 0 Å². The first-order valence-corrected chi connectivity index (χ1v) is 6.73. The molecule has 3 nitrogen and oxygen atoms in total. The molecule has 1 amide bonds. The zero-order valence-electron chi connectivity index (χ0n) is 11.5. The first-order chi connectivity index (χ1) is 9.79. The van der Waals surface area contributed by atoms with Crippen molar-refractivity contribution in [3.63, 3.8) is 0 Å². The minimum Gasteiger partial charge on any atom is -0.347 e. The van der Waals surface area contributed by atoms with Gasteiger partial charge in [-0.05, 0) is 29.7 Å². The number of carbonyl (C=O) groups excluding carboxylic acids is 1. The molecular formula is C17H18N2O. The predicted molar refractivity (Wildman–Crippen MR) is 80.8 cm³/mol. The Morgan fingerprint density at radius 1 is 1.15 bits per heavy atom. The molecule has 0 fully saturated rings. The van der Waals surface area contributed by atoms with Gasteiger partial charge in [0, 0.05) is 12.3 Å². The number of hydrogen-bond donors (Lipinski definition) is 1. The first kappa shape index (κ1) is 14.0. The smallest absolute Gasteiger partial charge is 0.244 e. The van der Waals surface area contributed by atoms with Gasteiger partial charge in [0.15, 0.2) is 0 Å². The fraction of sp³-hybridized carbons (Fsp3) is 0.176. The molecule has 0 radical (unpaired) electrons. The van der Waals surface area contributed by atoms with Crippen LogP contribution in [0.5, 0.6) is 0 Å². The molecule has 0 saturated heterocycles. The van der Waals surface area contributed by atoms with Crippen molar-refractivity contribution >= 4 is 11.5 Å². The maximum absolute atomic E-state index is 11.9. The number of nitrogens with one attached hydrogen (secondary N) is 1. The van der Waals surface area contributed by atoms with E-state index < -0.39 is 0 Å². The van der Waals surface area contributed by atoms with Crippen LogP contribution in [0.25, 0.3) is 5.57 Å². The van der Waals surface area contributed by atoms with E-state index in [9.17, 15) is 4.79 Å². The maximum atomic E-state index is 11.9. The van der Waals surface area contributed by atoms with Crippen LogP contribution in [0.4, 0.5) is 0 Å². The van der Waals surface area contributed by atoms with Gasteiger partial charge in [-0.3, -0.25) is 9.78 Å². The summed E-state index contributed by atoms with van der Waals surface area (Å²) in [5, 5.41) is 2.86. The van der Waals surface area contributed by atoms with Crippen molar-refractivity contribution in [1.82, 2.24) is 10.3 Å². The number of aromatic nitrogens is 1. The number of carbonyl (C=O) groups is 1. The summed E-state index contributed by atoms with van der Waals surface area (Å²) in [6.45, 7) is 2.49. The Bertz CT molecular complexity index is 576. The van der Waals surface area contributed by atoms with Gasteiger partial charge in [-0.2, -0.15) is 0 Å². The Labute approximate surface area is 119 Å². The maximum Gasteiger partial charge on any atom is 0.244 e. The number of benzene rings is 1. The number of allylic oxidation sites excluding steroid dienone is 1. The lowest BCUT2D eigenvalue weighted by Gasteiger charge is -2.06. The third-order valence-electron chi connectivity index (χ3n) is 3.00. The van der Waals surface area contributed by atoms with Gasteiger partial charge in [0.25, 0.3) is 0 Å². The van der Waals surface area contributed by atoms with Crippen molar-refractivity contribution in [2.75, 3.05) is 0 Å². The van der Waals surface area contributed by atoms with E-state index in [2.05, 4.69) is 10.3 Å². The highest BCUT2D eigenvalue weighted by Crippen LogP contribution is 2.16. The zero-order valence-corrected chi connectivity index (χ0v) is 11.5. The lowest BCUT2D eigenvalue weighted by molar-refractivity contribution is -0.116. The third-order valence-corrected chi connectivity index (χ3v) is 3.00. The predicted octanol–water partition coefficient (Wildman–Crippen LogP) is 3.19. The molecule has 2 aromatic rings. The molecule has 0 aliphatic heterocycles. The molecule has 0 unspecified atom stereocenters. The number of nitrogens with zero attached hydrogens (tertiary/aromatic N) is 1. The van der Waals surface area contributed by atoms with E-state index in [0.717, 1.165) is 23.3 Å². The quantitative estimate of drug-likeness (QED) is 0.844. The molecule has 0 spiro atoms. The molecule has 0 aliphatic carbocycles. The Balaban J connectivity index is 2.00. The van der Waals surface area contributed by atoms with Crippen molar-refractivity contribution in [1.29, 1.82) is 0 Å². The van der Waals surface area contributed by atoms with Crippen LogP contribution < -0.4 is 5.32 Å². The van der Waals surface area contributed by atoms with Gasteiger partial charge in [-0.25, -0.2) is 0 Å². The molecular weight excluding hydrogens is 248 g/mol. The fourth-order valence-corrected chi connectivity index (χ4v) is 1.93. The van der Waals surface area contributed by atoms with Crippen molar-refractivity contribution < 1.29 is 4.79 Å². The van der Waals surface area contributed by atoms with Gasteiger partial charge < -0.3 is 5.32 Å². The fourth-order valence-electron chi connectivity index (χ4n) is 1.93. The zero-order chi connectivity index (χ0) is 14.2. The van der Waals surface area contributed by atoms with E-state index in [1.54, 1.807) is 12.3 Å². The summed E-state index contributed by atoms with van der Waals surface area (Å²) in [7, 11) is 0. The van der Waals surface area contributed by atoms with Gasteiger partial charge in [-0.15, -0.1) is 0 Å². The molecule has 2 rings (SSSR count). The SMILES string of the molecule is CC/C(=C\C(=O)NCc1ccccn1)c1ccccc1. The standard InChI is InChI=1S/C17H18N2O/c1-2-14(15-8-4-3-5-9-15)12-17(20)19-13-16-10-6-7-11-18-16/h3-12H,2,13H2,1H3,(H,19,20)/b14-12+. The largest absolute Gasteiger partial charge is 0.347 e. The Hall–Kier alpha value is -2.42. The minimum absolute atomic E-state index is 0.0867. The van der Waals surface area contributed by atoms with Crippen LogP contribution in [0, 0.1) is 0 Å². The topological polar surface area (TPSA) is 42.0 Å². The Morgan fingerprint density at radius 3 is 2.55 bits per heavy atom. The van der Waals surface area contributed by atoms with Crippen LogP contribution in [-0.4, -0.2) is 10.9 Å². The molecule has 0 aliphatic rings. The lowest BCUT2D eigenvalue weighted by Crippen LogP contribution is -2.21. The molecule has 1 N–H and O–H groups in total. The second-order valence-electron chi connectivity index (χ2n) is 4.43. The van der Waals surface area contributed by atoms with Crippen molar-refractivity contribution in [2.45, 2.75) is 19.9 Å². The van der Waals surface area contributed by atoms with Crippen LogP contribution >= 0.6 is 0 Å². The molecule has 0 bridgehead atoms. The van der Waals surface area contributed by atoms with Crippen LogP contribution in [-0.2, 0) is 11.3 Å². The van der Waals surface area contributed by atoms with Gasteiger partial charge in [0.2, 0.25) is 5.91 Å². The average Bonchev–Trinajstić information content (AvgIpc) is 2.52. The number of rotatable bonds is 5. The highest BCUT2D eigenvalue weighted by molar-refractivity contribution is 5.95. The van der Waals surface area contributed by atoms with Crippen LogP contribution in [0.3, 0.4) is 0 Å². The summed E-state index contributed by atoms with van der Waals surface area (Å²) in [6, 6.07) is 15.6. The average molecular weight is 266 g/mol. The highest BCUT2D eigenvalue weighted by atomic mass is 16.1. The molecule has 1 aromatic heterocycles. The van der Waals surface area contributed by atoms with Crippen LogP contribution in [0.2, 0.25) is 0 Å². The summed E-state index contributed by atoms with van der Waals surface area (Å²) in [5.74, 6) is -0.0867. The van der Waals surface area contributed by atoms with Crippen molar-refractivity contribution in [3.05, 3.63) is 72.1 Å². The summed E-state index contributed by atoms with van der Waals surface area (Å²) < 4.78 is 0. The molecule has 20 heavy (non-hydrogen) atoms. The van der Waals surface area contributed by atoms with Crippen LogP contribution in [0.1, 0.15) is 24.6 Å². The summed E-state index contributed by atoms with van der Waals surface area (Å²) in [6.07, 6.45) is 4.21. The highest BCUT2D eigenvalue weighted by Gasteiger charge is 2.03. The van der Waals surface area contributed by atoms with E-state index in [0.29, 0.717) is 6.54 Å². The van der Waals surface area contributed by atoms with E-state index in [-0.39, 0.29) is 5.91 Å². The molecule has 0 saturated carbocycles. The summed E-state index contributed by atoms with van der Waals surface area (Å²) in [5.41, 5.74) is 2.97. The second kappa shape index (κ2) is 7.24. The minimum atomic E-state index is -0.0867. The molecule has 102 valence electrons. The molecule has 1 aromatic carbocycles. The number of hydrogen-bond acceptors (Lipinski definition) is 2. The number of pyridine rings is 1. The Kier molecular flexibility index (Phi) is 5.07. The molecule has 1 heterocycles. The van der Waals surface area contributed by atoms with Gasteiger partial charge in [0.05, 0.1) is 12.2 Å². The van der Waals surface area contributed by atoms with E-state index in [1.165, 1.54) is 0 Å². The van der Waals surface area contributed by atoms with Gasteiger partial charge in [-0.1, -0.05) is 43.3 Å². The van der Waals surface area contributed by atoms with E-state index in [1.807, 2.05) is 55.5 Å².